The third-order valence-corrected chi connectivity index (χ3v) is 2.34. The molecule has 0 saturated carbocycles. The molecule has 0 unspecified atom stereocenters. The lowest BCUT2D eigenvalue weighted by Crippen LogP contribution is -2.31. The third-order valence-electron chi connectivity index (χ3n) is 2.34. The van der Waals surface area contributed by atoms with Gasteiger partial charge in [0.05, 0.1) is 5.56 Å². The van der Waals surface area contributed by atoms with E-state index >= 15 is 0 Å². The summed E-state index contributed by atoms with van der Waals surface area (Å²) in [5.74, 6) is -0.962. The molecule has 3 rings (SSSR count). The number of nitrogens with one attached hydrogen (secondary N) is 1. The van der Waals surface area contributed by atoms with Crippen LogP contribution in [0.5, 0.6) is 0 Å². The maximum absolute atomic E-state index is 11.8. The molecule has 0 aliphatic heterocycles. The lowest BCUT2D eigenvalue weighted by Gasteiger charge is -2.08. The SMILES string of the molecule is O=C1c2cccnc2C(=O)c2[nH][n+]([O-])nc21. The van der Waals surface area contributed by atoms with Gasteiger partial charge in [-0.05, 0) is 12.1 Å². The summed E-state index contributed by atoms with van der Waals surface area (Å²) >= 11 is 0. The van der Waals surface area contributed by atoms with Crippen molar-refractivity contribution in [3.63, 3.8) is 0 Å². The molecular weight excluding hydrogens is 212 g/mol. The molecule has 0 atom stereocenters. The Kier molecular flexibility index (Phi) is 1.48. The topological polar surface area (TPSA) is 103 Å². The van der Waals surface area contributed by atoms with E-state index in [0.29, 0.717) is 0 Å². The number of nitrogens with zero attached hydrogens (tertiary/aromatic N) is 3. The van der Waals surface area contributed by atoms with E-state index in [-0.39, 0.29) is 27.6 Å². The number of aromatic nitrogens is 4. The number of H-pyrrole nitrogens is 1. The average Bonchev–Trinajstić information content (AvgIpc) is 2.68. The zero-order valence-corrected chi connectivity index (χ0v) is 7.80. The van der Waals surface area contributed by atoms with E-state index in [1.165, 1.54) is 12.3 Å². The molecule has 0 saturated heterocycles. The number of hydrogen-bond acceptors (Lipinski definition) is 5. The fourth-order valence-electron chi connectivity index (χ4n) is 1.65. The number of fused-ring (bicyclic) bond motifs is 2. The van der Waals surface area contributed by atoms with Gasteiger partial charge in [-0.3, -0.25) is 14.6 Å². The molecule has 0 aromatic carbocycles. The van der Waals surface area contributed by atoms with Crippen LogP contribution in [-0.4, -0.2) is 26.7 Å². The molecule has 1 N–H and O–H groups in total. The van der Waals surface area contributed by atoms with E-state index in [9.17, 15) is 14.8 Å². The van der Waals surface area contributed by atoms with Crippen molar-refractivity contribution in [2.45, 2.75) is 0 Å². The predicted molar refractivity (Wildman–Crippen MR) is 48.6 cm³/mol. The highest BCUT2D eigenvalue weighted by Crippen LogP contribution is 2.21. The minimum Gasteiger partial charge on any atom is -0.571 e. The van der Waals surface area contributed by atoms with Crippen LogP contribution in [0.1, 0.15) is 32.2 Å². The van der Waals surface area contributed by atoms with Crippen LogP contribution in [0.2, 0.25) is 0 Å². The summed E-state index contributed by atoms with van der Waals surface area (Å²) in [5.41, 5.74) is -0.0388. The molecule has 78 valence electrons. The van der Waals surface area contributed by atoms with E-state index in [1.54, 1.807) is 6.07 Å². The number of hydrogen-bond donors (Lipinski definition) is 1. The molecule has 7 heteroatoms. The first kappa shape index (κ1) is 8.72. The van der Waals surface area contributed by atoms with E-state index in [4.69, 9.17) is 0 Å². The Balaban J connectivity index is 2.34. The number of aromatic amines is 1. The normalized spacial score (nSPS) is 13.5. The summed E-state index contributed by atoms with van der Waals surface area (Å²) in [6, 6.07) is 3.03. The minimum absolute atomic E-state index is 0.0456. The molecule has 2 aromatic heterocycles. The Hall–Kier alpha value is -2.57. The second kappa shape index (κ2) is 2.72. The number of ketones is 2. The van der Waals surface area contributed by atoms with Crippen LogP contribution in [0, 0.1) is 5.21 Å². The first-order chi connectivity index (χ1) is 7.68. The third kappa shape index (κ3) is 0.937. The highest BCUT2D eigenvalue weighted by molar-refractivity contribution is 6.25. The van der Waals surface area contributed by atoms with Gasteiger partial charge in [0.15, 0.2) is 5.69 Å². The molecule has 0 radical (unpaired) electrons. The summed E-state index contributed by atoms with van der Waals surface area (Å²) in [7, 11) is 0. The summed E-state index contributed by atoms with van der Waals surface area (Å²) in [6.45, 7) is 0. The van der Waals surface area contributed by atoms with Gasteiger partial charge in [0, 0.05) is 16.3 Å². The van der Waals surface area contributed by atoms with Gasteiger partial charge in [-0.2, -0.15) is 0 Å². The smallest absolute Gasteiger partial charge is 0.236 e. The fraction of sp³-hybridized carbons (Fsp3) is 0. The van der Waals surface area contributed by atoms with Gasteiger partial charge in [0.1, 0.15) is 5.69 Å². The van der Waals surface area contributed by atoms with E-state index in [2.05, 4.69) is 15.2 Å². The Morgan fingerprint density at radius 1 is 1.25 bits per heavy atom. The molecule has 0 amide bonds. The molecule has 1 aliphatic rings. The Labute approximate surface area is 88.3 Å². The Morgan fingerprint density at radius 2 is 2.06 bits per heavy atom. The lowest BCUT2D eigenvalue weighted by molar-refractivity contribution is -0.722. The van der Waals surface area contributed by atoms with Crippen molar-refractivity contribution >= 4 is 11.6 Å². The Morgan fingerprint density at radius 3 is 2.88 bits per heavy atom. The van der Waals surface area contributed by atoms with Gasteiger partial charge in [-0.1, -0.05) is 0 Å². The molecule has 0 bridgehead atoms. The largest absolute Gasteiger partial charge is 0.571 e. The van der Waals surface area contributed by atoms with Crippen molar-refractivity contribution in [3.8, 4) is 0 Å². The van der Waals surface area contributed by atoms with Gasteiger partial charge in [0.2, 0.25) is 17.3 Å². The molecule has 2 heterocycles. The number of rotatable bonds is 0. The van der Waals surface area contributed by atoms with Crippen molar-refractivity contribution < 1.29 is 14.5 Å². The molecular formula is C9H4N4O3. The van der Waals surface area contributed by atoms with E-state index < -0.39 is 11.6 Å². The molecule has 7 nitrogen and oxygen atoms in total. The second-order valence-electron chi connectivity index (χ2n) is 3.27. The molecule has 0 spiro atoms. The van der Waals surface area contributed by atoms with Crippen LogP contribution in [0.15, 0.2) is 18.3 Å². The van der Waals surface area contributed by atoms with Gasteiger partial charge >= 0.3 is 0 Å². The van der Waals surface area contributed by atoms with Crippen LogP contribution in [0.4, 0.5) is 0 Å². The zero-order chi connectivity index (χ0) is 11.3. The summed E-state index contributed by atoms with van der Waals surface area (Å²) in [4.78, 5) is 27.6. The van der Waals surface area contributed by atoms with Gasteiger partial charge in [-0.15, -0.1) is 5.10 Å². The molecule has 2 aromatic rings. The van der Waals surface area contributed by atoms with Crippen molar-refractivity contribution in [3.05, 3.63) is 46.2 Å². The standard InChI is InChI=1S/C9H4N4O3/c14-8-4-2-1-3-10-5(4)9(15)7-6(8)11-13(16)12-7/h1-3H,(H,11,12). The average molecular weight is 216 g/mol. The highest BCUT2D eigenvalue weighted by Gasteiger charge is 2.36. The van der Waals surface area contributed by atoms with Crippen LogP contribution in [-0.2, 0) is 0 Å². The summed E-state index contributed by atoms with van der Waals surface area (Å²) in [5, 5.41) is 16.5. The van der Waals surface area contributed by atoms with Gasteiger partial charge in [-0.25, -0.2) is 0 Å². The number of carbonyl (C=O) groups is 2. The van der Waals surface area contributed by atoms with Gasteiger partial charge < -0.3 is 5.21 Å². The second-order valence-corrected chi connectivity index (χ2v) is 3.27. The number of pyridine rings is 1. The van der Waals surface area contributed by atoms with Crippen LogP contribution >= 0.6 is 0 Å². The van der Waals surface area contributed by atoms with Crippen molar-refractivity contribution in [1.29, 1.82) is 0 Å². The van der Waals surface area contributed by atoms with Crippen molar-refractivity contribution in [1.82, 2.24) is 15.2 Å². The van der Waals surface area contributed by atoms with Crippen molar-refractivity contribution in [2.24, 2.45) is 0 Å². The Bertz CT molecular complexity index is 579. The number of carbonyl (C=O) groups excluding carboxylic acids is 2. The van der Waals surface area contributed by atoms with E-state index in [0.717, 1.165) is 0 Å². The maximum atomic E-state index is 11.8. The zero-order valence-electron chi connectivity index (χ0n) is 7.80. The first-order valence-corrected chi connectivity index (χ1v) is 4.43. The monoisotopic (exact) mass is 216 g/mol. The summed E-state index contributed by atoms with van der Waals surface area (Å²) < 4.78 is 0. The van der Waals surface area contributed by atoms with Crippen LogP contribution in [0.25, 0.3) is 0 Å². The van der Waals surface area contributed by atoms with E-state index in [1.807, 2.05) is 0 Å². The molecule has 0 fully saturated rings. The van der Waals surface area contributed by atoms with Crippen LogP contribution in [0.3, 0.4) is 0 Å². The van der Waals surface area contributed by atoms with Crippen LogP contribution < -0.4 is 4.96 Å². The quantitative estimate of drug-likeness (QED) is 0.392. The molecule has 1 aliphatic carbocycles. The van der Waals surface area contributed by atoms with Gasteiger partial charge in [0.25, 0.3) is 0 Å². The lowest BCUT2D eigenvalue weighted by atomic mass is 9.95. The predicted octanol–water partition coefficient (Wildman–Crippen LogP) is -0.786. The summed E-state index contributed by atoms with van der Waals surface area (Å²) in [6.07, 6.45) is 1.41. The first-order valence-electron chi connectivity index (χ1n) is 4.43. The van der Waals surface area contributed by atoms with Crippen molar-refractivity contribution in [2.75, 3.05) is 0 Å². The minimum atomic E-state index is -0.493. The fourth-order valence-corrected chi connectivity index (χ4v) is 1.65. The highest BCUT2D eigenvalue weighted by atomic mass is 16.5. The molecule has 16 heavy (non-hydrogen) atoms. The maximum Gasteiger partial charge on any atom is 0.236 e.